The number of carbonyl (C=O) groups excluding carboxylic acids is 1. The van der Waals surface area contributed by atoms with E-state index in [0.29, 0.717) is 16.0 Å². The maximum atomic E-state index is 12.3. The van der Waals surface area contributed by atoms with Gasteiger partial charge in [-0.2, -0.15) is 5.10 Å². The van der Waals surface area contributed by atoms with Gasteiger partial charge in [0.15, 0.2) is 11.0 Å². The summed E-state index contributed by atoms with van der Waals surface area (Å²) >= 11 is 7.34. The summed E-state index contributed by atoms with van der Waals surface area (Å²) in [6.07, 6.45) is 3.50. The third-order valence-corrected chi connectivity index (χ3v) is 5.95. The van der Waals surface area contributed by atoms with Crippen LogP contribution in [0.25, 0.3) is 17.1 Å². The lowest BCUT2D eigenvalue weighted by Crippen LogP contribution is -2.20. The van der Waals surface area contributed by atoms with Crippen LogP contribution < -0.4 is 10.2 Å². The molecule has 33 heavy (non-hydrogen) atoms. The van der Waals surface area contributed by atoms with E-state index < -0.39 is 0 Å². The Morgan fingerprint density at radius 2 is 1.91 bits per heavy atom. The molecule has 1 N–H and O–H groups in total. The quantitative estimate of drug-likeness (QED) is 0.232. The first-order valence-electron chi connectivity index (χ1n) is 9.97. The van der Waals surface area contributed by atoms with E-state index in [2.05, 4.69) is 20.7 Å². The molecule has 0 atom stereocenters. The third kappa shape index (κ3) is 5.44. The number of methoxy groups -OCH3 is 1. The van der Waals surface area contributed by atoms with Gasteiger partial charge in [0, 0.05) is 29.5 Å². The lowest BCUT2D eigenvalue weighted by atomic mass is 10.2. The molecule has 0 unspecified atom stereocenters. The van der Waals surface area contributed by atoms with Gasteiger partial charge in [-0.05, 0) is 60.7 Å². The molecule has 2 aromatic heterocycles. The number of hydrogen-bond acceptors (Lipinski definition) is 6. The molecule has 0 saturated carbocycles. The second-order valence-corrected chi connectivity index (χ2v) is 8.35. The van der Waals surface area contributed by atoms with E-state index in [1.807, 2.05) is 70.9 Å². The molecule has 0 fully saturated rings. The van der Waals surface area contributed by atoms with Gasteiger partial charge >= 0.3 is 0 Å². The zero-order chi connectivity index (χ0) is 23.2. The molecule has 4 aromatic rings. The van der Waals surface area contributed by atoms with E-state index in [9.17, 15) is 4.79 Å². The van der Waals surface area contributed by atoms with Crippen LogP contribution in [0.4, 0.5) is 0 Å². The molecule has 4 rings (SSSR count). The number of nitrogens with zero attached hydrogens (tertiary/aromatic N) is 5. The molecule has 8 nitrogen and oxygen atoms in total. The van der Waals surface area contributed by atoms with Crippen molar-refractivity contribution in [3.8, 4) is 22.8 Å². The minimum absolute atomic E-state index is 0.124. The van der Waals surface area contributed by atoms with Crippen LogP contribution in [0.5, 0.6) is 5.75 Å². The molecule has 0 aliphatic heterocycles. The van der Waals surface area contributed by atoms with Crippen molar-refractivity contribution in [2.24, 2.45) is 12.1 Å². The summed E-state index contributed by atoms with van der Waals surface area (Å²) in [5.74, 6) is 1.27. The summed E-state index contributed by atoms with van der Waals surface area (Å²) in [7, 11) is 3.53. The summed E-state index contributed by atoms with van der Waals surface area (Å²) in [6, 6.07) is 18.7. The normalized spacial score (nSPS) is 11.1. The zero-order valence-electron chi connectivity index (χ0n) is 18.0. The van der Waals surface area contributed by atoms with Crippen LogP contribution in [-0.2, 0) is 11.8 Å². The van der Waals surface area contributed by atoms with Gasteiger partial charge in [-0.15, -0.1) is 10.2 Å². The SMILES string of the molecule is COc1ccc(-c2nnc(SCC(=O)NN=Cc3cccn3C)n2-c2ccc(Cl)cc2)cc1. The molecule has 0 saturated heterocycles. The van der Waals surface area contributed by atoms with Crippen LogP contribution in [-0.4, -0.2) is 44.3 Å². The Labute approximate surface area is 200 Å². The van der Waals surface area contributed by atoms with Crippen LogP contribution in [0.1, 0.15) is 5.69 Å². The van der Waals surface area contributed by atoms with Crippen LogP contribution in [0.15, 0.2) is 77.1 Å². The first-order chi connectivity index (χ1) is 16.0. The monoisotopic (exact) mass is 480 g/mol. The van der Waals surface area contributed by atoms with E-state index >= 15 is 0 Å². The van der Waals surface area contributed by atoms with E-state index in [1.54, 1.807) is 25.5 Å². The fourth-order valence-corrected chi connectivity index (χ4v) is 3.92. The van der Waals surface area contributed by atoms with Crippen molar-refractivity contribution in [3.05, 3.63) is 77.6 Å². The molecule has 0 radical (unpaired) electrons. The number of nitrogens with one attached hydrogen (secondary N) is 1. The van der Waals surface area contributed by atoms with Gasteiger partial charge in [-0.1, -0.05) is 23.4 Å². The van der Waals surface area contributed by atoms with Crippen LogP contribution >= 0.6 is 23.4 Å². The minimum Gasteiger partial charge on any atom is -0.497 e. The predicted octanol–water partition coefficient (Wildman–Crippen LogP) is 4.18. The van der Waals surface area contributed by atoms with Gasteiger partial charge in [0.2, 0.25) is 0 Å². The van der Waals surface area contributed by atoms with Crippen molar-refractivity contribution in [3.63, 3.8) is 0 Å². The lowest BCUT2D eigenvalue weighted by molar-refractivity contribution is -0.118. The van der Waals surface area contributed by atoms with Gasteiger partial charge in [0.1, 0.15) is 5.75 Å². The van der Waals surface area contributed by atoms with E-state index in [0.717, 1.165) is 22.7 Å². The molecule has 10 heteroatoms. The van der Waals surface area contributed by atoms with Gasteiger partial charge in [0.05, 0.1) is 24.8 Å². The molecular weight excluding hydrogens is 460 g/mol. The summed E-state index contributed by atoms with van der Waals surface area (Å²) in [5, 5.41) is 13.9. The second kappa shape index (κ2) is 10.4. The first-order valence-corrected chi connectivity index (χ1v) is 11.3. The largest absolute Gasteiger partial charge is 0.497 e. The highest BCUT2D eigenvalue weighted by molar-refractivity contribution is 7.99. The third-order valence-electron chi connectivity index (χ3n) is 4.77. The van der Waals surface area contributed by atoms with Gasteiger partial charge in [-0.3, -0.25) is 9.36 Å². The number of halogens is 1. The highest BCUT2D eigenvalue weighted by Gasteiger charge is 2.17. The average Bonchev–Trinajstić information content (AvgIpc) is 3.44. The van der Waals surface area contributed by atoms with E-state index in [-0.39, 0.29) is 11.7 Å². The number of benzene rings is 2. The second-order valence-electron chi connectivity index (χ2n) is 6.97. The van der Waals surface area contributed by atoms with Crippen molar-refractivity contribution >= 4 is 35.5 Å². The number of ether oxygens (including phenoxy) is 1. The van der Waals surface area contributed by atoms with Crippen molar-refractivity contribution in [1.29, 1.82) is 0 Å². The molecule has 168 valence electrons. The molecule has 0 aliphatic rings. The Kier molecular flexibility index (Phi) is 7.11. The number of hydrazone groups is 1. The van der Waals surface area contributed by atoms with Crippen molar-refractivity contribution < 1.29 is 9.53 Å². The topological polar surface area (TPSA) is 86.3 Å². The van der Waals surface area contributed by atoms with Gasteiger partial charge < -0.3 is 9.30 Å². The number of aryl methyl sites for hydroxylation is 1. The zero-order valence-corrected chi connectivity index (χ0v) is 19.5. The summed E-state index contributed by atoms with van der Waals surface area (Å²) < 4.78 is 9.04. The van der Waals surface area contributed by atoms with Crippen LogP contribution in [0.2, 0.25) is 5.02 Å². The Morgan fingerprint density at radius 3 is 2.58 bits per heavy atom. The minimum atomic E-state index is -0.248. The molecule has 2 aromatic carbocycles. The summed E-state index contributed by atoms with van der Waals surface area (Å²) in [6.45, 7) is 0. The molecule has 0 bridgehead atoms. The molecule has 1 amide bonds. The number of rotatable bonds is 8. The maximum Gasteiger partial charge on any atom is 0.250 e. The highest BCUT2D eigenvalue weighted by Crippen LogP contribution is 2.29. The number of thioether (sulfide) groups is 1. The Balaban J connectivity index is 1.54. The standard InChI is InChI=1S/C23H21ClN6O2S/c1-29-13-3-4-19(29)14-25-26-21(31)15-33-23-28-27-22(16-5-11-20(32-2)12-6-16)30(23)18-9-7-17(24)8-10-18/h3-14H,15H2,1-2H3,(H,26,31). The van der Waals surface area contributed by atoms with Crippen LogP contribution in [0, 0.1) is 0 Å². The molecule has 0 spiro atoms. The molecule has 2 heterocycles. The summed E-state index contributed by atoms with van der Waals surface area (Å²) in [4.78, 5) is 12.3. The number of amides is 1. The average molecular weight is 481 g/mol. The first kappa shape index (κ1) is 22.6. The fraction of sp³-hybridized carbons (Fsp3) is 0.130. The van der Waals surface area contributed by atoms with Crippen molar-refractivity contribution in [2.75, 3.05) is 12.9 Å². The summed E-state index contributed by atoms with van der Waals surface area (Å²) in [5.41, 5.74) is 5.12. The predicted molar refractivity (Wildman–Crippen MR) is 130 cm³/mol. The van der Waals surface area contributed by atoms with Crippen LogP contribution in [0.3, 0.4) is 0 Å². The van der Waals surface area contributed by atoms with E-state index in [1.165, 1.54) is 11.8 Å². The maximum absolute atomic E-state index is 12.3. The van der Waals surface area contributed by atoms with Crippen molar-refractivity contribution in [2.45, 2.75) is 5.16 Å². The van der Waals surface area contributed by atoms with Gasteiger partial charge in [0.25, 0.3) is 5.91 Å². The Morgan fingerprint density at radius 1 is 1.15 bits per heavy atom. The number of aromatic nitrogens is 4. The van der Waals surface area contributed by atoms with Crippen molar-refractivity contribution in [1.82, 2.24) is 24.8 Å². The molecule has 0 aliphatic carbocycles. The Bertz CT molecular complexity index is 1270. The lowest BCUT2D eigenvalue weighted by Gasteiger charge is -2.11. The van der Waals surface area contributed by atoms with E-state index in [4.69, 9.17) is 16.3 Å². The fourth-order valence-electron chi connectivity index (χ4n) is 3.05. The molecular formula is C23H21ClN6O2S. The number of hydrogen-bond donors (Lipinski definition) is 1. The highest BCUT2D eigenvalue weighted by atomic mass is 35.5. The Hall–Kier alpha value is -3.56. The van der Waals surface area contributed by atoms with Gasteiger partial charge in [-0.25, -0.2) is 5.43 Å². The smallest absolute Gasteiger partial charge is 0.250 e. The number of carbonyl (C=O) groups is 1.